The van der Waals surface area contributed by atoms with Gasteiger partial charge in [0.2, 0.25) is 0 Å². The number of piperidine rings is 1. The molecule has 1 atom stereocenters. The van der Waals surface area contributed by atoms with E-state index in [-0.39, 0.29) is 25.2 Å². The molecule has 108 valence electrons. The number of aliphatic hydroxyl groups is 1. The molecule has 0 spiro atoms. The minimum atomic E-state index is -0.980. The summed E-state index contributed by atoms with van der Waals surface area (Å²) in [6.45, 7) is 0.852. The van der Waals surface area contributed by atoms with Crippen molar-refractivity contribution in [2.45, 2.75) is 38.1 Å². The van der Waals surface area contributed by atoms with E-state index in [1.54, 1.807) is 4.90 Å². The lowest BCUT2D eigenvalue weighted by Gasteiger charge is -2.38. The summed E-state index contributed by atoms with van der Waals surface area (Å²) in [7, 11) is 0. The van der Waals surface area contributed by atoms with E-state index < -0.39 is 5.97 Å². The quantitative estimate of drug-likeness (QED) is 0.772. The second kappa shape index (κ2) is 6.23. The normalized spacial score (nSPS) is 23.2. The Balaban J connectivity index is 2.00. The molecular weight excluding hydrogens is 248 g/mol. The minimum absolute atomic E-state index is 0.0456. The number of nitrogens with zero attached hydrogens (tertiary/aromatic N) is 2. The van der Waals surface area contributed by atoms with Gasteiger partial charge in [-0.2, -0.15) is 0 Å². The second-order valence-corrected chi connectivity index (χ2v) is 5.53. The molecule has 0 bridgehead atoms. The van der Waals surface area contributed by atoms with E-state index in [1.165, 1.54) is 4.90 Å². The van der Waals surface area contributed by atoms with E-state index in [2.05, 4.69) is 0 Å². The average molecular weight is 270 g/mol. The standard InChI is InChI=1S/C13H22N2O4/c16-9-11-3-1-2-6-15(11)13(19)14(8-12(17)18)7-10-4-5-10/h10-11,16H,1-9H2,(H,17,18). The highest BCUT2D eigenvalue weighted by atomic mass is 16.4. The average Bonchev–Trinajstić information content (AvgIpc) is 3.20. The van der Waals surface area contributed by atoms with Crippen LogP contribution in [0.2, 0.25) is 0 Å². The molecular formula is C13H22N2O4. The third-order valence-electron chi connectivity index (χ3n) is 3.86. The summed E-state index contributed by atoms with van der Waals surface area (Å²) in [4.78, 5) is 26.4. The number of aliphatic hydroxyl groups excluding tert-OH is 1. The fourth-order valence-corrected chi connectivity index (χ4v) is 2.61. The van der Waals surface area contributed by atoms with Gasteiger partial charge in [-0.25, -0.2) is 4.79 Å². The molecule has 19 heavy (non-hydrogen) atoms. The van der Waals surface area contributed by atoms with Crippen molar-refractivity contribution in [3.63, 3.8) is 0 Å². The van der Waals surface area contributed by atoms with Crippen LogP contribution in [0.5, 0.6) is 0 Å². The maximum atomic E-state index is 12.4. The smallest absolute Gasteiger partial charge is 0.323 e. The number of carbonyl (C=O) groups excluding carboxylic acids is 1. The minimum Gasteiger partial charge on any atom is -0.480 e. The van der Waals surface area contributed by atoms with Gasteiger partial charge in [-0.15, -0.1) is 0 Å². The number of hydrogen-bond acceptors (Lipinski definition) is 3. The predicted molar refractivity (Wildman–Crippen MR) is 68.8 cm³/mol. The number of carboxylic acid groups (broad SMARTS) is 1. The molecule has 2 aliphatic rings. The SMILES string of the molecule is O=C(O)CN(CC1CC1)C(=O)N1CCCCC1CO. The van der Waals surface area contributed by atoms with Crippen LogP contribution in [0.25, 0.3) is 0 Å². The van der Waals surface area contributed by atoms with E-state index in [0.717, 1.165) is 32.1 Å². The van der Waals surface area contributed by atoms with Gasteiger partial charge in [-0.05, 0) is 38.0 Å². The van der Waals surface area contributed by atoms with Crippen LogP contribution in [0.15, 0.2) is 0 Å². The van der Waals surface area contributed by atoms with E-state index in [1.807, 2.05) is 0 Å². The highest BCUT2D eigenvalue weighted by molar-refractivity contribution is 5.80. The van der Waals surface area contributed by atoms with Gasteiger partial charge in [0.05, 0.1) is 12.6 Å². The highest BCUT2D eigenvalue weighted by Gasteiger charge is 2.33. The van der Waals surface area contributed by atoms with Crippen molar-refractivity contribution in [1.29, 1.82) is 0 Å². The van der Waals surface area contributed by atoms with Crippen molar-refractivity contribution in [2.75, 3.05) is 26.2 Å². The van der Waals surface area contributed by atoms with Crippen molar-refractivity contribution in [1.82, 2.24) is 9.80 Å². The summed E-state index contributed by atoms with van der Waals surface area (Å²) < 4.78 is 0. The lowest BCUT2D eigenvalue weighted by atomic mass is 10.0. The molecule has 1 unspecified atom stereocenters. The van der Waals surface area contributed by atoms with Crippen LogP contribution in [0.4, 0.5) is 4.79 Å². The van der Waals surface area contributed by atoms with Crippen LogP contribution in [0, 0.1) is 5.92 Å². The number of likely N-dealkylation sites (tertiary alicyclic amines) is 1. The van der Waals surface area contributed by atoms with E-state index in [9.17, 15) is 14.7 Å². The van der Waals surface area contributed by atoms with Crippen molar-refractivity contribution in [3.05, 3.63) is 0 Å². The molecule has 0 aromatic carbocycles. The van der Waals surface area contributed by atoms with Crippen molar-refractivity contribution in [3.8, 4) is 0 Å². The van der Waals surface area contributed by atoms with Gasteiger partial charge >= 0.3 is 12.0 Å². The molecule has 0 radical (unpaired) electrons. The molecule has 2 N–H and O–H groups in total. The maximum Gasteiger partial charge on any atom is 0.323 e. The first-order valence-corrected chi connectivity index (χ1v) is 7.00. The molecule has 1 saturated heterocycles. The zero-order valence-electron chi connectivity index (χ0n) is 11.1. The van der Waals surface area contributed by atoms with Crippen LogP contribution < -0.4 is 0 Å². The van der Waals surface area contributed by atoms with E-state index in [0.29, 0.717) is 19.0 Å². The lowest BCUT2D eigenvalue weighted by molar-refractivity contribution is -0.137. The summed E-state index contributed by atoms with van der Waals surface area (Å²) in [5, 5.41) is 18.3. The third kappa shape index (κ3) is 3.83. The van der Waals surface area contributed by atoms with Crippen LogP contribution in [0.1, 0.15) is 32.1 Å². The fourth-order valence-electron chi connectivity index (χ4n) is 2.61. The Bertz CT molecular complexity index is 344. The summed E-state index contributed by atoms with van der Waals surface area (Å²) >= 11 is 0. The summed E-state index contributed by atoms with van der Waals surface area (Å²) in [6, 6.07) is -0.384. The van der Waals surface area contributed by atoms with Crippen LogP contribution >= 0.6 is 0 Å². The second-order valence-electron chi connectivity index (χ2n) is 5.53. The lowest BCUT2D eigenvalue weighted by Crippen LogP contribution is -2.53. The molecule has 2 amide bonds. The maximum absolute atomic E-state index is 12.4. The Morgan fingerprint density at radius 2 is 1.95 bits per heavy atom. The Kier molecular flexibility index (Phi) is 4.63. The molecule has 1 saturated carbocycles. The summed E-state index contributed by atoms with van der Waals surface area (Å²) in [6.07, 6.45) is 4.88. The van der Waals surface area contributed by atoms with Crippen molar-refractivity contribution < 1.29 is 19.8 Å². The van der Waals surface area contributed by atoms with E-state index in [4.69, 9.17) is 5.11 Å². The van der Waals surface area contributed by atoms with Gasteiger partial charge in [0.1, 0.15) is 6.54 Å². The van der Waals surface area contributed by atoms with Gasteiger partial charge in [-0.1, -0.05) is 0 Å². The highest BCUT2D eigenvalue weighted by Crippen LogP contribution is 2.30. The first-order chi connectivity index (χ1) is 9.11. The number of aliphatic carboxylic acids is 1. The Labute approximate surface area is 113 Å². The zero-order chi connectivity index (χ0) is 13.8. The Morgan fingerprint density at radius 3 is 2.53 bits per heavy atom. The van der Waals surface area contributed by atoms with Crippen LogP contribution in [-0.2, 0) is 4.79 Å². The topological polar surface area (TPSA) is 81.1 Å². The number of rotatable bonds is 5. The summed E-state index contributed by atoms with van der Waals surface area (Å²) in [5.74, 6) is -0.521. The van der Waals surface area contributed by atoms with Gasteiger partial charge in [0.25, 0.3) is 0 Å². The van der Waals surface area contributed by atoms with Gasteiger partial charge in [0, 0.05) is 13.1 Å². The fraction of sp³-hybridized carbons (Fsp3) is 0.846. The molecule has 0 aromatic heterocycles. The van der Waals surface area contributed by atoms with E-state index >= 15 is 0 Å². The molecule has 6 nitrogen and oxygen atoms in total. The molecule has 2 fully saturated rings. The monoisotopic (exact) mass is 270 g/mol. The molecule has 1 heterocycles. The zero-order valence-corrected chi connectivity index (χ0v) is 11.1. The van der Waals surface area contributed by atoms with Gasteiger partial charge in [-0.3, -0.25) is 4.79 Å². The molecule has 6 heteroatoms. The molecule has 1 aliphatic heterocycles. The molecule has 2 rings (SSSR count). The largest absolute Gasteiger partial charge is 0.480 e. The first kappa shape index (κ1) is 14.1. The number of hydrogen-bond donors (Lipinski definition) is 2. The molecule has 0 aromatic rings. The number of carboxylic acids is 1. The van der Waals surface area contributed by atoms with Gasteiger partial charge in [0.15, 0.2) is 0 Å². The third-order valence-corrected chi connectivity index (χ3v) is 3.86. The number of urea groups is 1. The Hall–Kier alpha value is -1.30. The summed E-state index contributed by atoms with van der Waals surface area (Å²) in [5.41, 5.74) is 0. The predicted octanol–water partition coefficient (Wildman–Crippen LogP) is 0.750. The number of amides is 2. The first-order valence-electron chi connectivity index (χ1n) is 7.00. The van der Waals surface area contributed by atoms with Crippen LogP contribution in [0.3, 0.4) is 0 Å². The molecule has 1 aliphatic carbocycles. The van der Waals surface area contributed by atoms with Crippen LogP contribution in [-0.4, -0.2) is 64.3 Å². The number of carbonyl (C=O) groups is 2. The van der Waals surface area contributed by atoms with Gasteiger partial charge < -0.3 is 20.0 Å². The Morgan fingerprint density at radius 1 is 1.21 bits per heavy atom. The van der Waals surface area contributed by atoms with Crippen molar-refractivity contribution in [2.24, 2.45) is 5.92 Å². The van der Waals surface area contributed by atoms with Crippen molar-refractivity contribution >= 4 is 12.0 Å².